The number of aromatic nitrogens is 1. The smallest absolute Gasteiger partial charge is 0.296 e. The Bertz CT molecular complexity index is 965. The molecule has 0 aliphatic carbocycles. The van der Waals surface area contributed by atoms with Gasteiger partial charge in [-0.3, -0.25) is 9.59 Å². The normalized spacial score (nSPS) is 10.5. The SMILES string of the molecule is COc1ccc(OC)c(NC(=O)C(=O)c2c[nH]c3ccc(F)cc23)c1. The number of nitrogens with one attached hydrogen (secondary N) is 2. The predicted molar refractivity (Wildman–Crippen MR) is 90.8 cm³/mol. The Hall–Kier alpha value is -3.35. The van der Waals surface area contributed by atoms with Crippen molar-refractivity contribution < 1.29 is 23.5 Å². The summed E-state index contributed by atoms with van der Waals surface area (Å²) < 4.78 is 23.7. The third-order valence-electron chi connectivity index (χ3n) is 3.75. The van der Waals surface area contributed by atoms with Crippen LogP contribution in [-0.4, -0.2) is 30.9 Å². The van der Waals surface area contributed by atoms with Crippen molar-refractivity contribution in [3.63, 3.8) is 0 Å². The molecule has 0 aliphatic rings. The van der Waals surface area contributed by atoms with Crippen LogP contribution in [0.3, 0.4) is 0 Å². The number of ketones is 1. The lowest BCUT2D eigenvalue weighted by Crippen LogP contribution is -2.23. The van der Waals surface area contributed by atoms with Crippen molar-refractivity contribution in [3.05, 3.63) is 54.0 Å². The van der Waals surface area contributed by atoms with Crippen LogP contribution in [0.25, 0.3) is 10.9 Å². The molecule has 1 aromatic heterocycles. The summed E-state index contributed by atoms with van der Waals surface area (Å²) in [4.78, 5) is 27.6. The van der Waals surface area contributed by atoms with E-state index < -0.39 is 17.5 Å². The largest absolute Gasteiger partial charge is 0.497 e. The highest BCUT2D eigenvalue weighted by Crippen LogP contribution is 2.29. The standard InChI is InChI=1S/C18H15FN2O4/c1-24-11-4-6-16(25-2)15(8-11)21-18(23)17(22)13-9-20-14-5-3-10(19)7-12(13)14/h3-9,20H,1-2H3,(H,21,23). The molecule has 25 heavy (non-hydrogen) atoms. The fourth-order valence-corrected chi connectivity index (χ4v) is 2.49. The van der Waals surface area contributed by atoms with E-state index in [0.717, 1.165) is 0 Å². The molecule has 0 saturated carbocycles. The molecule has 0 spiro atoms. The Kier molecular flexibility index (Phi) is 4.38. The summed E-state index contributed by atoms with van der Waals surface area (Å²) in [6.45, 7) is 0. The molecule has 7 heteroatoms. The van der Waals surface area contributed by atoms with Crippen LogP contribution in [-0.2, 0) is 4.79 Å². The van der Waals surface area contributed by atoms with E-state index in [4.69, 9.17) is 9.47 Å². The number of fused-ring (bicyclic) bond motifs is 1. The Labute approximate surface area is 142 Å². The number of ether oxygens (including phenoxy) is 2. The highest BCUT2D eigenvalue weighted by molar-refractivity contribution is 6.48. The van der Waals surface area contributed by atoms with Crippen LogP contribution < -0.4 is 14.8 Å². The lowest BCUT2D eigenvalue weighted by Gasteiger charge is -2.11. The molecule has 1 amide bonds. The number of H-pyrrole nitrogens is 1. The third kappa shape index (κ3) is 3.16. The van der Waals surface area contributed by atoms with Gasteiger partial charge in [-0.1, -0.05) is 0 Å². The van der Waals surface area contributed by atoms with Crippen molar-refractivity contribution in [3.8, 4) is 11.5 Å². The number of Topliss-reactive ketones (excluding diaryl/α,β-unsaturated/α-hetero) is 1. The van der Waals surface area contributed by atoms with Gasteiger partial charge in [0.05, 0.1) is 25.5 Å². The van der Waals surface area contributed by atoms with Gasteiger partial charge in [0.15, 0.2) is 0 Å². The van der Waals surface area contributed by atoms with Gasteiger partial charge in [-0.2, -0.15) is 0 Å². The molecule has 6 nitrogen and oxygen atoms in total. The van der Waals surface area contributed by atoms with Crippen LogP contribution in [0.1, 0.15) is 10.4 Å². The van der Waals surface area contributed by atoms with Gasteiger partial charge in [0.2, 0.25) is 0 Å². The first-order valence-electron chi connectivity index (χ1n) is 7.38. The average Bonchev–Trinajstić information content (AvgIpc) is 3.03. The van der Waals surface area contributed by atoms with Crippen LogP contribution >= 0.6 is 0 Å². The zero-order valence-electron chi connectivity index (χ0n) is 13.6. The number of carbonyl (C=O) groups excluding carboxylic acids is 2. The minimum absolute atomic E-state index is 0.0915. The molecular weight excluding hydrogens is 327 g/mol. The molecule has 3 rings (SSSR count). The molecule has 3 aromatic rings. The quantitative estimate of drug-likeness (QED) is 0.551. The Morgan fingerprint density at radius 3 is 2.60 bits per heavy atom. The maximum absolute atomic E-state index is 13.4. The summed E-state index contributed by atoms with van der Waals surface area (Å²) in [6, 6.07) is 8.80. The van der Waals surface area contributed by atoms with Gasteiger partial charge in [-0.25, -0.2) is 4.39 Å². The van der Waals surface area contributed by atoms with E-state index in [9.17, 15) is 14.0 Å². The second-order valence-corrected chi connectivity index (χ2v) is 5.24. The molecule has 0 saturated heterocycles. The summed E-state index contributed by atoms with van der Waals surface area (Å²) in [6.07, 6.45) is 1.38. The van der Waals surface area contributed by atoms with Crippen molar-refractivity contribution >= 4 is 28.3 Å². The highest BCUT2D eigenvalue weighted by Gasteiger charge is 2.21. The van der Waals surface area contributed by atoms with Crippen LogP contribution in [0.4, 0.5) is 10.1 Å². The number of aromatic amines is 1. The van der Waals surface area contributed by atoms with Gasteiger partial charge in [-0.15, -0.1) is 0 Å². The van der Waals surface area contributed by atoms with Gasteiger partial charge in [0, 0.05) is 23.2 Å². The average molecular weight is 342 g/mol. The molecule has 1 heterocycles. The van der Waals surface area contributed by atoms with E-state index in [2.05, 4.69) is 10.3 Å². The minimum atomic E-state index is -0.864. The van der Waals surface area contributed by atoms with Crippen molar-refractivity contribution in [2.75, 3.05) is 19.5 Å². The maximum atomic E-state index is 13.4. The zero-order chi connectivity index (χ0) is 18.0. The summed E-state index contributed by atoms with van der Waals surface area (Å²) in [7, 11) is 2.93. The maximum Gasteiger partial charge on any atom is 0.296 e. The van der Waals surface area contributed by atoms with E-state index in [-0.39, 0.29) is 5.56 Å². The van der Waals surface area contributed by atoms with E-state index in [1.165, 1.54) is 38.6 Å². The van der Waals surface area contributed by atoms with Gasteiger partial charge in [0.1, 0.15) is 17.3 Å². The van der Waals surface area contributed by atoms with Gasteiger partial charge < -0.3 is 19.8 Å². The van der Waals surface area contributed by atoms with Crippen molar-refractivity contribution in [2.45, 2.75) is 0 Å². The highest BCUT2D eigenvalue weighted by atomic mass is 19.1. The Morgan fingerprint density at radius 2 is 1.88 bits per heavy atom. The van der Waals surface area contributed by atoms with Crippen LogP contribution in [0.15, 0.2) is 42.6 Å². The zero-order valence-corrected chi connectivity index (χ0v) is 13.6. The second kappa shape index (κ2) is 6.64. The van der Waals surface area contributed by atoms with E-state index in [0.29, 0.717) is 28.1 Å². The monoisotopic (exact) mass is 342 g/mol. The number of anilines is 1. The number of hydrogen-bond donors (Lipinski definition) is 2. The minimum Gasteiger partial charge on any atom is -0.497 e. The number of benzene rings is 2. The number of methoxy groups -OCH3 is 2. The van der Waals surface area contributed by atoms with Crippen LogP contribution in [0.5, 0.6) is 11.5 Å². The fraction of sp³-hybridized carbons (Fsp3) is 0.111. The molecule has 0 radical (unpaired) electrons. The molecular formula is C18H15FN2O4. The first kappa shape index (κ1) is 16.5. The lowest BCUT2D eigenvalue weighted by molar-refractivity contribution is -0.112. The topological polar surface area (TPSA) is 80.4 Å². The third-order valence-corrected chi connectivity index (χ3v) is 3.75. The van der Waals surface area contributed by atoms with E-state index in [1.54, 1.807) is 18.2 Å². The molecule has 2 N–H and O–H groups in total. The second-order valence-electron chi connectivity index (χ2n) is 5.24. The Morgan fingerprint density at radius 1 is 1.08 bits per heavy atom. The molecule has 0 fully saturated rings. The molecule has 128 valence electrons. The van der Waals surface area contributed by atoms with Crippen molar-refractivity contribution in [2.24, 2.45) is 0 Å². The Balaban J connectivity index is 1.90. The van der Waals surface area contributed by atoms with Gasteiger partial charge >= 0.3 is 0 Å². The first-order chi connectivity index (χ1) is 12.0. The molecule has 0 bridgehead atoms. The van der Waals surface area contributed by atoms with E-state index >= 15 is 0 Å². The number of rotatable bonds is 5. The van der Waals surface area contributed by atoms with Crippen LogP contribution in [0, 0.1) is 5.82 Å². The predicted octanol–water partition coefficient (Wildman–Crippen LogP) is 3.15. The lowest BCUT2D eigenvalue weighted by atomic mass is 10.1. The molecule has 0 atom stereocenters. The van der Waals surface area contributed by atoms with Gasteiger partial charge in [-0.05, 0) is 30.3 Å². The summed E-state index contributed by atoms with van der Waals surface area (Å²) in [5.41, 5.74) is 0.955. The number of amides is 1. The summed E-state index contributed by atoms with van der Waals surface area (Å²) in [5, 5.41) is 2.85. The van der Waals surface area contributed by atoms with Crippen molar-refractivity contribution in [1.82, 2.24) is 4.98 Å². The van der Waals surface area contributed by atoms with Crippen LogP contribution in [0.2, 0.25) is 0 Å². The molecule has 0 aliphatic heterocycles. The van der Waals surface area contributed by atoms with Gasteiger partial charge in [0.25, 0.3) is 11.7 Å². The number of carbonyl (C=O) groups is 2. The molecule has 0 unspecified atom stereocenters. The fourth-order valence-electron chi connectivity index (χ4n) is 2.49. The van der Waals surface area contributed by atoms with Crippen molar-refractivity contribution in [1.29, 1.82) is 0 Å². The summed E-state index contributed by atoms with van der Waals surface area (Å²) >= 11 is 0. The van der Waals surface area contributed by atoms with E-state index in [1.807, 2.05) is 0 Å². The summed E-state index contributed by atoms with van der Waals surface area (Å²) in [5.74, 6) is -1.26. The molecule has 2 aromatic carbocycles. The number of hydrogen-bond acceptors (Lipinski definition) is 4. The first-order valence-corrected chi connectivity index (χ1v) is 7.38. The number of halogens is 1.